The van der Waals surface area contributed by atoms with Crippen molar-refractivity contribution >= 4 is 38.6 Å². The first-order valence-electron chi connectivity index (χ1n) is 7.56. The summed E-state index contributed by atoms with van der Waals surface area (Å²) in [6, 6.07) is 5.58. The number of nitrogens with one attached hydrogen (secondary N) is 1. The van der Waals surface area contributed by atoms with Crippen molar-refractivity contribution in [1.29, 1.82) is 0 Å². The monoisotopic (exact) mass is 334 g/mol. The van der Waals surface area contributed by atoms with Gasteiger partial charge in [0.2, 0.25) is 0 Å². The number of ether oxygens (including phenoxy) is 2. The number of hydrogen-bond acceptors (Lipinski definition) is 6. The lowest BCUT2D eigenvalue weighted by atomic mass is 10.3. The predicted molar refractivity (Wildman–Crippen MR) is 87.6 cm³/mol. The number of thiazole rings is 1. The number of carbonyl (C=O) groups is 2. The van der Waals surface area contributed by atoms with Crippen LogP contribution in [0.25, 0.3) is 10.2 Å². The van der Waals surface area contributed by atoms with Gasteiger partial charge in [-0.25, -0.2) is 4.98 Å². The minimum absolute atomic E-state index is 0.0396. The molecule has 1 fully saturated rings. The van der Waals surface area contributed by atoms with E-state index in [0.717, 1.165) is 22.4 Å². The van der Waals surface area contributed by atoms with Crippen LogP contribution < -0.4 is 10.1 Å². The molecule has 1 aromatic carbocycles. The molecule has 0 spiro atoms. The van der Waals surface area contributed by atoms with E-state index in [4.69, 9.17) is 9.47 Å². The van der Waals surface area contributed by atoms with E-state index in [1.165, 1.54) is 11.3 Å². The van der Waals surface area contributed by atoms with Gasteiger partial charge in [0.05, 0.1) is 22.7 Å². The second-order valence-electron chi connectivity index (χ2n) is 5.56. The van der Waals surface area contributed by atoms with Gasteiger partial charge in [-0.2, -0.15) is 0 Å². The zero-order chi connectivity index (χ0) is 16.4. The number of amides is 1. The van der Waals surface area contributed by atoms with Gasteiger partial charge in [-0.05, 0) is 37.5 Å². The Bertz CT molecular complexity index is 743. The molecule has 0 radical (unpaired) electrons. The summed E-state index contributed by atoms with van der Waals surface area (Å²) in [6.45, 7) is 4.23. The summed E-state index contributed by atoms with van der Waals surface area (Å²) in [5, 5.41) is 3.14. The highest BCUT2D eigenvalue weighted by atomic mass is 32.1. The third-order valence-corrected chi connectivity index (χ3v) is 4.61. The molecule has 0 saturated heterocycles. The summed E-state index contributed by atoms with van der Waals surface area (Å²) >= 11 is 1.36. The highest BCUT2D eigenvalue weighted by Crippen LogP contribution is 2.38. The highest BCUT2D eigenvalue weighted by Gasteiger charge is 2.40. The number of nitrogens with zero attached hydrogens (tertiary/aromatic N) is 1. The van der Waals surface area contributed by atoms with E-state index in [1.54, 1.807) is 0 Å². The van der Waals surface area contributed by atoms with Crippen LogP contribution in [-0.4, -0.2) is 30.1 Å². The van der Waals surface area contributed by atoms with Crippen LogP contribution in [0.5, 0.6) is 5.75 Å². The fourth-order valence-electron chi connectivity index (χ4n) is 2.26. The summed E-state index contributed by atoms with van der Waals surface area (Å²) in [7, 11) is 0. The first-order chi connectivity index (χ1) is 11.1. The summed E-state index contributed by atoms with van der Waals surface area (Å²) in [6.07, 6.45) is 0.848. The Hall–Kier alpha value is -2.15. The molecule has 1 aliphatic rings. The van der Waals surface area contributed by atoms with Gasteiger partial charge in [0.1, 0.15) is 5.75 Å². The van der Waals surface area contributed by atoms with Crippen LogP contribution in [-0.2, 0) is 14.3 Å². The molecule has 1 heterocycles. The van der Waals surface area contributed by atoms with E-state index in [-0.39, 0.29) is 24.4 Å². The normalized spacial score (nSPS) is 19.4. The maximum Gasteiger partial charge on any atom is 0.309 e. The largest absolute Gasteiger partial charge is 0.494 e. The van der Waals surface area contributed by atoms with Crippen molar-refractivity contribution in [2.24, 2.45) is 11.8 Å². The quantitative estimate of drug-likeness (QED) is 0.822. The molecular weight excluding hydrogens is 316 g/mol. The lowest BCUT2D eigenvalue weighted by Gasteiger charge is -2.03. The van der Waals surface area contributed by atoms with E-state index in [0.29, 0.717) is 17.7 Å². The SMILES string of the molecule is CCOc1ccc2nc(NC(=O)COC(=O)[C@@H]3C[C@@H]3C)sc2c1. The smallest absolute Gasteiger partial charge is 0.309 e. The first-order valence-corrected chi connectivity index (χ1v) is 8.38. The molecule has 1 amide bonds. The number of anilines is 1. The number of esters is 1. The molecule has 2 atom stereocenters. The van der Waals surface area contributed by atoms with Gasteiger partial charge in [0, 0.05) is 0 Å². The van der Waals surface area contributed by atoms with Crippen molar-refractivity contribution in [3.63, 3.8) is 0 Å². The number of carbonyl (C=O) groups excluding carboxylic acids is 2. The molecule has 1 aliphatic carbocycles. The van der Waals surface area contributed by atoms with Crippen LogP contribution in [0.4, 0.5) is 5.13 Å². The van der Waals surface area contributed by atoms with Gasteiger partial charge < -0.3 is 9.47 Å². The second kappa shape index (κ2) is 6.54. The predicted octanol–water partition coefficient (Wildman–Crippen LogP) is 2.83. The molecule has 23 heavy (non-hydrogen) atoms. The van der Waals surface area contributed by atoms with Gasteiger partial charge in [0.25, 0.3) is 5.91 Å². The highest BCUT2D eigenvalue weighted by molar-refractivity contribution is 7.22. The van der Waals surface area contributed by atoms with Gasteiger partial charge in [-0.15, -0.1) is 0 Å². The fourth-order valence-corrected chi connectivity index (χ4v) is 3.17. The van der Waals surface area contributed by atoms with Crippen LogP contribution >= 0.6 is 11.3 Å². The number of benzene rings is 1. The molecule has 0 bridgehead atoms. The zero-order valence-electron chi connectivity index (χ0n) is 13.0. The minimum Gasteiger partial charge on any atom is -0.494 e. The maximum absolute atomic E-state index is 11.8. The van der Waals surface area contributed by atoms with Crippen molar-refractivity contribution < 1.29 is 19.1 Å². The van der Waals surface area contributed by atoms with E-state index in [2.05, 4.69) is 10.3 Å². The lowest BCUT2D eigenvalue weighted by Crippen LogP contribution is -2.21. The molecule has 0 unspecified atom stereocenters. The Kier molecular flexibility index (Phi) is 4.47. The number of fused-ring (bicyclic) bond motifs is 1. The van der Waals surface area contributed by atoms with E-state index in [1.807, 2.05) is 32.0 Å². The molecule has 1 aromatic heterocycles. The second-order valence-corrected chi connectivity index (χ2v) is 6.59. The van der Waals surface area contributed by atoms with Gasteiger partial charge in [-0.3, -0.25) is 14.9 Å². The zero-order valence-corrected chi connectivity index (χ0v) is 13.8. The standard InChI is InChI=1S/C16H18N2O4S/c1-3-21-10-4-5-12-13(7-10)23-16(17-12)18-14(19)8-22-15(20)11-6-9(11)2/h4-5,7,9,11H,3,6,8H2,1-2H3,(H,17,18,19)/t9-,11+/m0/s1. The Morgan fingerprint density at radius 1 is 1.43 bits per heavy atom. The molecule has 1 N–H and O–H groups in total. The van der Waals surface area contributed by atoms with Gasteiger partial charge in [0.15, 0.2) is 11.7 Å². The van der Waals surface area contributed by atoms with Crippen molar-refractivity contribution in [2.45, 2.75) is 20.3 Å². The Labute approximate surface area is 137 Å². The van der Waals surface area contributed by atoms with Gasteiger partial charge in [-0.1, -0.05) is 18.3 Å². The van der Waals surface area contributed by atoms with Crippen LogP contribution in [0.1, 0.15) is 20.3 Å². The summed E-state index contributed by atoms with van der Waals surface area (Å²) in [4.78, 5) is 27.8. The van der Waals surface area contributed by atoms with Crippen molar-refractivity contribution in [1.82, 2.24) is 4.98 Å². The number of hydrogen-bond donors (Lipinski definition) is 1. The summed E-state index contributed by atoms with van der Waals surface area (Å²) < 4.78 is 11.4. The molecule has 7 heteroatoms. The summed E-state index contributed by atoms with van der Waals surface area (Å²) in [5.41, 5.74) is 0.789. The van der Waals surface area contributed by atoms with Crippen LogP contribution in [0.3, 0.4) is 0 Å². The number of aromatic nitrogens is 1. The third kappa shape index (κ3) is 3.79. The van der Waals surface area contributed by atoms with Crippen LogP contribution in [0, 0.1) is 11.8 Å². The molecule has 2 aromatic rings. The molecule has 0 aliphatic heterocycles. The Morgan fingerprint density at radius 2 is 2.22 bits per heavy atom. The summed E-state index contributed by atoms with van der Waals surface area (Å²) in [5.74, 6) is 0.430. The fraction of sp³-hybridized carbons (Fsp3) is 0.438. The minimum atomic E-state index is -0.379. The first kappa shape index (κ1) is 15.7. The number of rotatable bonds is 6. The molecule has 1 saturated carbocycles. The van der Waals surface area contributed by atoms with Crippen molar-refractivity contribution in [2.75, 3.05) is 18.5 Å². The topological polar surface area (TPSA) is 77.5 Å². The maximum atomic E-state index is 11.8. The van der Waals surface area contributed by atoms with E-state index in [9.17, 15) is 9.59 Å². The van der Waals surface area contributed by atoms with Crippen molar-refractivity contribution in [3.05, 3.63) is 18.2 Å². The lowest BCUT2D eigenvalue weighted by molar-refractivity contribution is -0.148. The van der Waals surface area contributed by atoms with Crippen LogP contribution in [0.2, 0.25) is 0 Å². The molecular formula is C16H18N2O4S. The van der Waals surface area contributed by atoms with Crippen LogP contribution in [0.15, 0.2) is 18.2 Å². The Balaban J connectivity index is 1.57. The van der Waals surface area contributed by atoms with Gasteiger partial charge >= 0.3 is 5.97 Å². The molecule has 122 valence electrons. The average Bonchev–Trinajstić information content (AvgIpc) is 3.11. The van der Waals surface area contributed by atoms with E-state index < -0.39 is 0 Å². The molecule has 6 nitrogen and oxygen atoms in total. The third-order valence-electron chi connectivity index (χ3n) is 3.68. The average molecular weight is 334 g/mol. The van der Waals surface area contributed by atoms with Crippen molar-refractivity contribution in [3.8, 4) is 5.75 Å². The Morgan fingerprint density at radius 3 is 2.91 bits per heavy atom. The van der Waals surface area contributed by atoms with E-state index >= 15 is 0 Å². The molecule has 3 rings (SSSR count).